The summed E-state index contributed by atoms with van der Waals surface area (Å²) in [4.78, 5) is 33.1. The lowest BCUT2D eigenvalue weighted by molar-refractivity contribution is -0.141. The highest BCUT2D eigenvalue weighted by Gasteiger charge is 2.26. The molecule has 2 amide bonds. The number of amides is 2. The van der Waals surface area contributed by atoms with Crippen molar-refractivity contribution in [3.8, 4) is 5.75 Å². The lowest BCUT2D eigenvalue weighted by Gasteiger charge is -2.24. The Morgan fingerprint density at radius 1 is 1.23 bits per heavy atom. The molecule has 0 unspecified atom stereocenters. The minimum Gasteiger partial charge on any atom is -0.497 e. The monoisotopic (exact) mass is 537 g/mol. The summed E-state index contributed by atoms with van der Waals surface area (Å²) in [5.41, 5.74) is 0.430. The normalized spacial score (nSPS) is 12.2. The highest BCUT2D eigenvalue weighted by Crippen LogP contribution is 2.24. The second-order valence-electron chi connectivity index (χ2n) is 7.83. The number of nitrogens with one attached hydrogen (secondary N) is 1. The molecular weight excluding hydrogens is 510 g/mol. The summed E-state index contributed by atoms with van der Waals surface area (Å²) in [6, 6.07) is 10.6. The summed E-state index contributed by atoms with van der Waals surface area (Å²) in [6.07, 6.45) is 0.964. The molecule has 0 fully saturated rings. The molecule has 2 N–H and O–H groups in total. The number of aliphatic hydroxyl groups excluding tert-OH is 1. The van der Waals surface area contributed by atoms with Crippen LogP contribution in [0.4, 0.5) is 0 Å². The minimum absolute atomic E-state index is 0.00267. The number of hydrogen-bond donors (Lipinski definition) is 2. The van der Waals surface area contributed by atoms with E-state index in [2.05, 4.69) is 4.98 Å². The van der Waals surface area contributed by atoms with Crippen LogP contribution in [-0.2, 0) is 27.8 Å². The van der Waals surface area contributed by atoms with Crippen molar-refractivity contribution in [2.24, 2.45) is 0 Å². The molecule has 9 nitrogen and oxygen atoms in total. The zero-order chi connectivity index (χ0) is 25.6. The summed E-state index contributed by atoms with van der Waals surface area (Å²) in [5, 5.41) is 13.2. The molecule has 2 heterocycles. The summed E-state index contributed by atoms with van der Waals surface area (Å²) in [7, 11) is -2.20. The van der Waals surface area contributed by atoms with E-state index < -0.39 is 27.9 Å². The summed E-state index contributed by atoms with van der Waals surface area (Å²) >= 11 is 2.84. The van der Waals surface area contributed by atoms with Crippen molar-refractivity contribution in [2.75, 3.05) is 19.9 Å². The molecule has 0 aliphatic carbocycles. The standard InChI is InChI=1S/C23H27N3O6S3/c1-15-20(22(28)25-35(3,30)31)24-19(34-15)14-26(12-4-6-18-7-5-13-33-18)23(29)21(27)16-8-10-17(32-2)11-9-16/h5,7-11,13,21,27H,4,6,12,14H2,1-3H3,(H,25,28)/t21-/m1/s1. The third kappa shape index (κ3) is 7.59. The molecule has 0 bridgehead atoms. The molecule has 0 aliphatic rings. The van der Waals surface area contributed by atoms with Crippen LogP contribution >= 0.6 is 22.7 Å². The molecule has 3 aromatic rings. The second kappa shape index (κ2) is 11.8. The number of methoxy groups -OCH3 is 1. The van der Waals surface area contributed by atoms with Gasteiger partial charge in [0.25, 0.3) is 11.8 Å². The number of thiazole rings is 1. The second-order valence-corrected chi connectivity index (χ2v) is 11.9. The number of aryl methyl sites for hydroxylation is 2. The lowest BCUT2D eigenvalue weighted by Crippen LogP contribution is -2.36. The van der Waals surface area contributed by atoms with Gasteiger partial charge in [0, 0.05) is 16.3 Å². The maximum Gasteiger partial charge on any atom is 0.284 e. The van der Waals surface area contributed by atoms with E-state index in [1.54, 1.807) is 42.5 Å². The minimum atomic E-state index is -3.74. The first-order valence-electron chi connectivity index (χ1n) is 10.7. The number of sulfonamides is 1. The van der Waals surface area contributed by atoms with E-state index in [1.165, 1.54) is 28.2 Å². The quantitative estimate of drug-likeness (QED) is 0.385. The maximum absolute atomic E-state index is 13.3. The van der Waals surface area contributed by atoms with E-state index in [0.29, 0.717) is 34.2 Å². The Morgan fingerprint density at radius 2 is 1.94 bits per heavy atom. The van der Waals surface area contributed by atoms with Crippen LogP contribution in [-0.4, -0.2) is 55.1 Å². The van der Waals surface area contributed by atoms with Crippen molar-refractivity contribution >= 4 is 44.5 Å². The molecule has 0 aliphatic heterocycles. The van der Waals surface area contributed by atoms with Gasteiger partial charge in [-0.25, -0.2) is 18.1 Å². The van der Waals surface area contributed by atoms with Gasteiger partial charge in [-0.15, -0.1) is 22.7 Å². The van der Waals surface area contributed by atoms with E-state index in [9.17, 15) is 23.1 Å². The molecule has 0 saturated heterocycles. The number of rotatable bonds is 11. The molecular formula is C23H27N3O6S3. The predicted octanol–water partition coefficient (Wildman–Crippen LogP) is 2.91. The Kier molecular flexibility index (Phi) is 9.00. The molecule has 35 heavy (non-hydrogen) atoms. The zero-order valence-electron chi connectivity index (χ0n) is 19.6. The van der Waals surface area contributed by atoms with Crippen LogP contribution in [0, 0.1) is 6.92 Å². The number of benzene rings is 1. The van der Waals surface area contributed by atoms with Gasteiger partial charge in [0.15, 0.2) is 6.10 Å². The third-order valence-electron chi connectivity index (χ3n) is 5.07. The fourth-order valence-electron chi connectivity index (χ4n) is 3.38. The van der Waals surface area contributed by atoms with Gasteiger partial charge >= 0.3 is 0 Å². The fraction of sp³-hybridized carbons (Fsp3) is 0.348. The molecule has 188 valence electrons. The van der Waals surface area contributed by atoms with Crippen molar-refractivity contribution in [1.29, 1.82) is 0 Å². The number of carbonyl (C=O) groups excluding carboxylic acids is 2. The summed E-state index contributed by atoms with van der Waals surface area (Å²) < 4.78 is 29.9. The molecule has 1 atom stereocenters. The van der Waals surface area contributed by atoms with Gasteiger partial charge in [-0.2, -0.15) is 0 Å². The zero-order valence-corrected chi connectivity index (χ0v) is 22.0. The van der Waals surface area contributed by atoms with Gasteiger partial charge in [0.1, 0.15) is 16.5 Å². The van der Waals surface area contributed by atoms with Crippen LogP contribution in [0.25, 0.3) is 0 Å². The predicted molar refractivity (Wildman–Crippen MR) is 135 cm³/mol. The van der Waals surface area contributed by atoms with E-state index in [1.807, 2.05) is 22.2 Å². The van der Waals surface area contributed by atoms with Crippen molar-refractivity contribution in [1.82, 2.24) is 14.6 Å². The number of nitrogens with zero attached hydrogens (tertiary/aromatic N) is 2. The Hall–Kier alpha value is -2.80. The average molecular weight is 538 g/mol. The SMILES string of the molecule is COc1ccc([C@@H](O)C(=O)N(CCCc2cccs2)Cc2nc(C(=O)NS(C)(=O)=O)c(C)s2)cc1. The summed E-state index contributed by atoms with van der Waals surface area (Å²) in [5.74, 6) is -0.697. The first-order chi connectivity index (χ1) is 16.6. The molecule has 0 radical (unpaired) electrons. The highest BCUT2D eigenvalue weighted by molar-refractivity contribution is 7.89. The molecule has 12 heteroatoms. The molecule has 2 aromatic heterocycles. The van der Waals surface area contributed by atoms with Gasteiger partial charge < -0.3 is 14.7 Å². The van der Waals surface area contributed by atoms with Gasteiger partial charge in [0.2, 0.25) is 10.0 Å². The first kappa shape index (κ1) is 26.8. The number of carbonyl (C=O) groups is 2. The van der Waals surface area contributed by atoms with E-state index in [0.717, 1.165) is 12.7 Å². The van der Waals surface area contributed by atoms with Crippen molar-refractivity contribution in [2.45, 2.75) is 32.4 Å². The van der Waals surface area contributed by atoms with Crippen LogP contribution < -0.4 is 9.46 Å². The van der Waals surface area contributed by atoms with Crippen molar-refractivity contribution < 1.29 is 27.9 Å². The molecule has 0 saturated carbocycles. The van der Waals surface area contributed by atoms with Crippen LogP contribution in [0.15, 0.2) is 41.8 Å². The van der Waals surface area contributed by atoms with Crippen LogP contribution in [0.3, 0.4) is 0 Å². The van der Waals surface area contributed by atoms with Gasteiger partial charge in [-0.3, -0.25) is 9.59 Å². The number of thiophene rings is 1. The van der Waals surface area contributed by atoms with Gasteiger partial charge in [-0.1, -0.05) is 18.2 Å². The van der Waals surface area contributed by atoms with Gasteiger partial charge in [-0.05, 0) is 48.9 Å². The number of ether oxygens (including phenoxy) is 1. The van der Waals surface area contributed by atoms with E-state index in [-0.39, 0.29) is 12.2 Å². The summed E-state index contributed by atoms with van der Waals surface area (Å²) in [6.45, 7) is 2.11. The van der Waals surface area contributed by atoms with E-state index >= 15 is 0 Å². The van der Waals surface area contributed by atoms with Crippen molar-refractivity contribution in [3.63, 3.8) is 0 Å². The van der Waals surface area contributed by atoms with Crippen LogP contribution in [0.2, 0.25) is 0 Å². The van der Waals surface area contributed by atoms with Crippen molar-refractivity contribution in [3.05, 3.63) is 67.8 Å². The average Bonchev–Trinajstić information content (AvgIpc) is 3.46. The highest BCUT2D eigenvalue weighted by atomic mass is 32.2. The lowest BCUT2D eigenvalue weighted by atomic mass is 10.1. The number of hydrogen-bond acceptors (Lipinski definition) is 9. The number of aromatic nitrogens is 1. The maximum atomic E-state index is 13.3. The van der Waals surface area contributed by atoms with E-state index in [4.69, 9.17) is 4.74 Å². The van der Waals surface area contributed by atoms with Crippen LogP contribution in [0.1, 0.15) is 43.3 Å². The van der Waals surface area contributed by atoms with Crippen LogP contribution in [0.5, 0.6) is 5.75 Å². The molecule has 1 aromatic carbocycles. The molecule has 0 spiro atoms. The molecule has 3 rings (SSSR count). The topological polar surface area (TPSA) is 126 Å². The Labute approximate surface area is 212 Å². The smallest absolute Gasteiger partial charge is 0.284 e. The number of aliphatic hydroxyl groups is 1. The Balaban J connectivity index is 1.79. The largest absolute Gasteiger partial charge is 0.497 e. The van der Waals surface area contributed by atoms with Gasteiger partial charge in [0.05, 0.1) is 19.9 Å². The third-order valence-corrected chi connectivity index (χ3v) is 7.52. The first-order valence-corrected chi connectivity index (χ1v) is 14.3. The fourth-order valence-corrected chi connectivity index (χ4v) is 5.51. The Morgan fingerprint density at radius 3 is 2.54 bits per heavy atom. The Bertz CT molecular complexity index is 1250.